The lowest BCUT2D eigenvalue weighted by Crippen LogP contribution is -2.00. The van der Waals surface area contributed by atoms with Gasteiger partial charge in [-0.1, -0.05) is 85.0 Å². The second-order valence-electron chi connectivity index (χ2n) is 6.68. The maximum Gasteiger partial charge on any atom is 0.394 e. The first-order chi connectivity index (χ1) is 10.7. The van der Waals surface area contributed by atoms with Gasteiger partial charge >= 0.3 is 10.4 Å². The van der Waals surface area contributed by atoms with E-state index in [4.69, 9.17) is 22.6 Å². The second kappa shape index (κ2) is 16.7. The molecule has 142 valence electrons. The molecule has 0 saturated heterocycles. The molecule has 0 heterocycles. The van der Waals surface area contributed by atoms with E-state index in [-0.39, 0.29) is 0 Å². The van der Waals surface area contributed by atoms with Crippen LogP contribution in [0.3, 0.4) is 0 Å². The van der Waals surface area contributed by atoms with Crippen LogP contribution in [0.5, 0.6) is 0 Å². The molecule has 2 unspecified atom stereocenters. The van der Waals surface area contributed by atoms with Crippen LogP contribution in [0.2, 0.25) is 0 Å². The zero-order chi connectivity index (χ0) is 18.1. The fraction of sp³-hybridized carbons (Fsp3) is 1.00. The molecule has 0 aliphatic rings. The molecule has 0 aliphatic heterocycles. The third-order valence-electron chi connectivity index (χ3n) is 4.01. The fourth-order valence-corrected chi connectivity index (χ4v) is 2.49. The van der Waals surface area contributed by atoms with Crippen LogP contribution in [-0.2, 0) is 10.4 Å². The van der Waals surface area contributed by atoms with E-state index in [1.165, 1.54) is 70.6 Å². The van der Waals surface area contributed by atoms with Gasteiger partial charge in [0.15, 0.2) is 0 Å². The van der Waals surface area contributed by atoms with Gasteiger partial charge in [0.05, 0.1) is 0 Å². The van der Waals surface area contributed by atoms with Gasteiger partial charge in [0.2, 0.25) is 0 Å². The number of aliphatic hydroxyl groups excluding tert-OH is 1. The van der Waals surface area contributed by atoms with E-state index in [2.05, 4.69) is 20.8 Å². The van der Waals surface area contributed by atoms with Crippen molar-refractivity contribution >= 4 is 10.4 Å². The smallest absolute Gasteiger partial charge is 0.394 e. The molecule has 0 aromatic heterocycles. The lowest BCUT2D eigenvalue weighted by molar-refractivity contribution is 0.227. The quantitative estimate of drug-likeness (QED) is 0.323. The highest BCUT2D eigenvalue weighted by atomic mass is 32.3. The third kappa shape index (κ3) is 30.3. The Labute approximate surface area is 143 Å². The maximum atomic E-state index is 8.94. The first kappa shape index (κ1) is 25.1. The maximum absolute atomic E-state index is 8.94. The minimum Gasteiger partial charge on any atom is -0.396 e. The van der Waals surface area contributed by atoms with Gasteiger partial charge in [-0.05, 0) is 18.3 Å². The fourth-order valence-electron chi connectivity index (χ4n) is 2.49. The molecule has 0 aliphatic carbocycles. The van der Waals surface area contributed by atoms with Gasteiger partial charge in [0, 0.05) is 6.61 Å². The molecule has 5 nitrogen and oxygen atoms in total. The molecule has 3 N–H and O–H groups in total. The van der Waals surface area contributed by atoms with Gasteiger partial charge < -0.3 is 5.11 Å². The van der Waals surface area contributed by atoms with Gasteiger partial charge in [0.1, 0.15) is 0 Å². The van der Waals surface area contributed by atoms with E-state index < -0.39 is 10.4 Å². The topological polar surface area (TPSA) is 94.8 Å². The summed E-state index contributed by atoms with van der Waals surface area (Å²) in [7, 11) is -4.67. The van der Waals surface area contributed by atoms with Crippen LogP contribution in [0.25, 0.3) is 0 Å². The summed E-state index contributed by atoms with van der Waals surface area (Å²) in [6.07, 6.45) is 15.1. The third-order valence-corrected chi connectivity index (χ3v) is 4.01. The standard InChI is InChI=1S/C17H36O.H2O4S/c1-4-5-6-7-9-12-16(2)13-10-8-11-14-17(3)15-18;1-5(2,3)4/h16-18H,4-15H2,1-3H3;(H2,1,2,3,4). The number of aliphatic hydroxyl groups is 1. The predicted molar refractivity (Wildman–Crippen MR) is 96.1 cm³/mol. The van der Waals surface area contributed by atoms with E-state index in [1.54, 1.807) is 0 Å². The first-order valence-electron chi connectivity index (χ1n) is 9.01. The van der Waals surface area contributed by atoms with Gasteiger partial charge in [-0.2, -0.15) is 8.42 Å². The van der Waals surface area contributed by atoms with Crippen molar-refractivity contribution in [3.63, 3.8) is 0 Å². The average molecular weight is 355 g/mol. The Bertz CT molecular complexity index is 322. The van der Waals surface area contributed by atoms with Crippen LogP contribution in [0, 0.1) is 11.8 Å². The molecule has 6 heteroatoms. The molecule has 0 rings (SSSR count). The van der Waals surface area contributed by atoms with Crippen molar-refractivity contribution in [3.8, 4) is 0 Å². The zero-order valence-electron chi connectivity index (χ0n) is 15.2. The van der Waals surface area contributed by atoms with Crippen LogP contribution in [0.15, 0.2) is 0 Å². The average Bonchev–Trinajstić information content (AvgIpc) is 2.44. The Morgan fingerprint density at radius 3 is 1.48 bits per heavy atom. The number of rotatable bonds is 13. The highest BCUT2D eigenvalue weighted by Crippen LogP contribution is 2.18. The van der Waals surface area contributed by atoms with E-state index in [0.29, 0.717) is 12.5 Å². The molecule has 0 saturated carbocycles. The Kier molecular flexibility index (Phi) is 18.2. The Morgan fingerprint density at radius 2 is 1.09 bits per heavy atom. The van der Waals surface area contributed by atoms with E-state index in [0.717, 1.165) is 5.92 Å². The van der Waals surface area contributed by atoms with E-state index in [1.807, 2.05) is 0 Å². The molecular weight excluding hydrogens is 316 g/mol. The van der Waals surface area contributed by atoms with Crippen molar-refractivity contribution in [3.05, 3.63) is 0 Å². The normalized spacial score (nSPS) is 14.0. The number of hydrogen-bond donors (Lipinski definition) is 3. The number of hydrogen-bond acceptors (Lipinski definition) is 3. The molecule has 0 radical (unpaired) electrons. The number of unbranched alkanes of at least 4 members (excludes halogenated alkanes) is 6. The Morgan fingerprint density at radius 1 is 0.739 bits per heavy atom. The molecular formula is C17H38O5S. The summed E-state index contributed by atoms with van der Waals surface area (Å²) in [6.45, 7) is 7.18. The van der Waals surface area contributed by atoms with Gasteiger partial charge in [0.25, 0.3) is 0 Å². The van der Waals surface area contributed by atoms with Crippen molar-refractivity contribution in [1.82, 2.24) is 0 Å². The molecule has 0 aromatic carbocycles. The van der Waals surface area contributed by atoms with Gasteiger partial charge in [-0.15, -0.1) is 0 Å². The van der Waals surface area contributed by atoms with E-state index >= 15 is 0 Å². The van der Waals surface area contributed by atoms with Crippen LogP contribution in [-0.4, -0.2) is 29.2 Å². The Hall–Kier alpha value is -0.170. The molecule has 0 aromatic rings. The monoisotopic (exact) mass is 354 g/mol. The zero-order valence-corrected chi connectivity index (χ0v) is 16.0. The van der Waals surface area contributed by atoms with Crippen molar-refractivity contribution < 1.29 is 22.6 Å². The molecule has 2 atom stereocenters. The van der Waals surface area contributed by atoms with Crippen LogP contribution in [0.1, 0.15) is 91.4 Å². The minimum absolute atomic E-state index is 0.355. The van der Waals surface area contributed by atoms with Crippen molar-refractivity contribution in [2.45, 2.75) is 91.4 Å². The molecule has 0 spiro atoms. The van der Waals surface area contributed by atoms with Gasteiger partial charge in [-0.25, -0.2) is 0 Å². The van der Waals surface area contributed by atoms with Gasteiger partial charge in [-0.3, -0.25) is 9.11 Å². The second-order valence-corrected chi connectivity index (χ2v) is 7.58. The highest BCUT2D eigenvalue weighted by Gasteiger charge is 2.03. The van der Waals surface area contributed by atoms with E-state index in [9.17, 15) is 0 Å². The lowest BCUT2D eigenvalue weighted by Gasteiger charge is -2.11. The summed E-state index contributed by atoms with van der Waals surface area (Å²) < 4.78 is 31.6. The Balaban J connectivity index is 0. The van der Waals surface area contributed by atoms with Crippen molar-refractivity contribution in [2.75, 3.05) is 6.61 Å². The van der Waals surface area contributed by atoms with Crippen LogP contribution >= 0.6 is 0 Å². The molecule has 23 heavy (non-hydrogen) atoms. The summed E-state index contributed by atoms with van der Waals surface area (Å²) in [5.41, 5.74) is 0. The summed E-state index contributed by atoms with van der Waals surface area (Å²) >= 11 is 0. The summed E-state index contributed by atoms with van der Waals surface area (Å²) in [6, 6.07) is 0. The predicted octanol–water partition coefficient (Wildman–Crippen LogP) is 4.91. The first-order valence-corrected chi connectivity index (χ1v) is 10.4. The SMILES string of the molecule is CCCCCCCC(C)CCCCCC(C)CO.O=S(=O)(O)O. The van der Waals surface area contributed by atoms with Crippen molar-refractivity contribution in [2.24, 2.45) is 11.8 Å². The lowest BCUT2D eigenvalue weighted by atomic mass is 9.95. The molecule has 0 bridgehead atoms. The summed E-state index contributed by atoms with van der Waals surface area (Å²) in [4.78, 5) is 0. The largest absolute Gasteiger partial charge is 0.396 e. The summed E-state index contributed by atoms with van der Waals surface area (Å²) in [5, 5.41) is 8.94. The molecule has 0 amide bonds. The molecule has 0 fully saturated rings. The van der Waals surface area contributed by atoms with Crippen molar-refractivity contribution in [1.29, 1.82) is 0 Å². The van der Waals surface area contributed by atoms with Crippen LogP contribution < -0.4 is 0 Å². The highest BCUT2D eigenvalue weighted by molar-refractivity contribution is 7.79. The van der Waals surface area contributed by atoms with Crippen LogP contribution in [0.4, 0.5) is 0 Å². The minimum atomic E-state index is -4.67. The summed E-state index contributed by atoms with van der Waals surface area (Å²) in [5.74, 6) is 1.42.